The van der Waals surface area contributed by atoms with Crippen LogP contribution < -0.4 is 5.32 Å². The minimum Gasteiger partial charge on any atom is -0.312 e. The molecular formula is C17H21N3S. The maximum absolute atomic E-state index is 8.77. The van der Waals surface area contributed by atoms with E-state index in [0.717, 1.165) is 38.2 Å². The quantitative estimate of drug-likeness (QED) is 0.761. The van der Waals surface area contributed by atoms with E-state index in [1.165, 1.54) is 10.4 Å². The maximum atomic E-state index is 8.77. The predicted molar refractivity (Wildman–Crippen MR) is 88.1 cm³/mol. The third-order valence-electron chi connectivity index (χ3n) is 3.27. The Morgan fingerprint density at radius 2 is 2.10 bits per heavy atom. The third-order valence-corrected chi connectivity index (χ3v) is 4.21. The second kappa shape index (κ2) is 8.58. The molecule has 2 rings (SSSR count). The average Bonchev–Trinajstić information content (AvgIpc) is 2.96. The summed E-state index contributed by atoms with van der Waals surface area (Å²) in [5.74, 6) is 0. The number of nitrogens with zero attached hydrogens (tertiary/aromatic N) is 2. The van der Waals surface area contributed by atoms with Crippen LogP contribution in [0.15, 0.2) is 41.8 Å². The lowest BCUT2D eigenvalue weighted by molar-refractivity contribution is 0.319. The van der Waals surface area contributed by atoms with E-state index in [4.69, 9.17) is 5.26 Å². The first-order valence-corrected chi connectivity index (χ1v) is 8.06. The van der Waals surface area contributed by atoms with Gasteiger partial charge in [-0.25, -0.2) is 0 Å². The molecule has 0 fully saturated rings. The lowest BCUT2D eigenvalue weighted by Gasteiger charge is -2.16. The number of hydrogen-bond acceptors (Lipinski definition) is 4. The van der Waals surface area contributed by atoms with Crippen molar-refractivity contribution in [1.82, 2.24) is 10.2 Å². The molecule has 0 atom stereocenters. The van der Waals surface area contributed by atoms with Crippen LogP contribution in [0.5, 0.6) is 0 Å². The number of rotatable bonds is 8. The molecule has 2 aromatic rings. The fraction of sp³-hybridized carbons (Fsp3) is 0.353. The van der Waals surface area contributed by atoms with Crippen molar-refractivity contribution in [3.8, 4) is 6.07 Å². The van der Waals surface area contributed by atoms with E-state index < -0.39 is 0 Å². The molecule has 1 aromatic heterocycles. The number of benzene rings is 1. The summed E-state index contributed by atoms with van der Waals surface area (Å²) >= 11 is 1.64. The first-order chi connectivity index (χ1) is 10.3. The van der Waals surface area contributed by atoms with Crippen molar-refractivity contribution in [2.45, 2.75) is 19.5 Å². The van der Waals surface area contributed by atoms with E-state index in [1.54, 1.807) is 11.3 Å². The fourth-order valence-corrected chi connectivity index (χ4v) is 2.97. The van der Waals surface area contributed by atoms with Gasteiger partial charge in [0.15, 0.2) is 0 Å². The van der Waals surface area contributed by atoms with Crippen LogP contribution in [0.1, 0.15) is 22.4 Å². The van der Waals surface area contributed by atoms with Gasteiger partial charge < -0.3 is 10.2 Å². The maximum Gasteiger partial charge on any atom is 0.100 e. The van der Waals surface area contributed by atoms with E-state index in [9.17, 15) is 0 Å². The molecule has 0 radical (unpaired) electrons. The Kier molecular flexibility index (Phi) is 6.42. The largest absolute Gasteiger partial charge is 0.312 e. The van der Waals surface area contributed by atoms with Gasteiger partial charge in [-0.15, -0.1) is 11.3 Å². The van der Waals surface area contributed by atoms with Crippen molar-refractivity contribution in [3.05, 3.63) is 57.8 Å². The van der Waals surface area contributed by atoms with Crippen LogP contribution in [0.25, 0.3) is 0 Å². The molecule has 0 amide bonds. The highest BCUT2D eigenvalue weighted by molar-refractivity contribution is 7.10. The minimum absolute atomic E-state index is 0.763. The van der Waals surface area contributed by atoms with Gasteiger partial charge in [-0.2, -0.15) is 5.26 Å². The molecule has 110 valence electrons. The molecule has 3 nitrogen and oxygen atoms in total. The monoisotopic (exact) mass is 299 g/mol. The third kappa shape index (κ3) is 5.68. The highest BCUT2D eigenvalue weighted by Gasteiger charge is 2.01. The van der Waals surface area contributed by atoms with Crippen LogP contribution in [0, 0.1) is 11.3 Å². The molecule has 0 spiro atoms. The van der Waals surface area contributed by atoms with Gasteiger partial charge in [0.25, 0.3) is 0 Å². The topological polar surface area (TPSA) is 39.1 Å². The van der Waals surface area contributed by atoms with E-state index in [2.05, 4.69) is 53.7 Å². The van der Waals surface area contributed by atoms with Crippen molar-refractivity contribution in [2.24, 2.45) is 0 Å². The summed E-state index contributed by atoms with van der Waals surface area (Å²) in [5, 5.41) is 14.1. The molecule has 0 aliphatic rings. The van der Waals surface area contributed by atoms with Gasteiger partial charge in [-0.3, -0.25) is 0 Å². The second-order valence-corrected chi connectivity index (χ2v) is 6.16. The predicted octanol–water partition coefficient (Wildman–Crippen LogP) is 3.23. The Labute approximate surface area is 130 Å². The number of hydrogen-bond donors (Lipinski definition) is 1. The van der Waals surface area contributed by atoms with E-state index in [1.807, 2.05) is 11.4 Å². The summed E-state index contributed by atoms with van der Waals surface area (Å²) in [7, 11) is 2.16. The number of nitrogens with one attached hydrogen (secondary N) is 1. The normalized spacial score (nSPS) is 10.7. The molecule has 0 saturated carbocycles. The molecule has 1 heterocycles. The molecule has 0 aliphatic carbocycles. The Hall–Kier alpha value is -1.67. The zero-order valence-corrected chi connectivity index (χ0v) is 13.2. The molecule has 0 aliphatic heterocycles. The highest BCUT2D eigenvalue weighted by Crippen LogP contribution is 2.13. The molecule has 0 saturated heterocycles. The first-order valence-electron chi connectivity index (χ1n) is 7.18. The summed E-state index contributed by atoms with van der Waals surface area (Å²) in [4.78, 5) is 3.57. The molecule has 0 unspecified atom stereocenters. The Morgan fingerprint density at radius 1 is 1.29 bits per heavy atom. The van der Waals surface area contributed by atoms with Gasteiger partial charge in [0.1, 0.15) is 6.07 Å². The summed E-state index contributed by atoms with van der Waals surface area (Å²) in [6, 6.07) is 14.7. The second-order valence-electron chi connectivity index (χ2n) is 5.17. The van der Waals surface area contributed by atoms with Crippen LogP contribution in [-0.4, -0.2) is 25.0 Å². The number of thiophene rings is 1. The molecular weight excluding hydrogens is 278 g/mol. The van der Waals surface area contributed by atoms with E-state index >= 15 is 0 Å². The summed E-state index contributed by atoms with van der Waals surface area (Å²) in [5.41, 5.74) is 2.12. The fourth-order valence-electron chi connectivity index (χ4n) is 2.19. The minimum atomic E-state index is 0.763. The Balaban J connectivity index is 1.58. The van der Waals surface area contributed by atoms with Crippen molar-refractivity contribution in [3.63, 3.8) is 0 Å². The molecule has 1 aromatic carbocycles. The van der Waals surface area contributed by atoms with E-state index in [0.29, 0.717) is 0 Å². The number of nitriles is 1. The SMILES string of the molecule is CN(CCCNCc1cc(C#N)cs1)Cc1ccccc1. The van der Waals surface area contributed by atoms with Crippen molar-refractivity contribution in [2.75, 3.05) is 20.1 Å². The zero-order chi connectivity index (χ0) is 14.9. The van der Waals surface area contributed by atoms with E-state index in [-0.39, 0.29) is 0 Å². The summed E-state index contributed by atoms with van der Waals surface area (Å²) in [6.45, 7) is 3.93. The van der Waals surface area contributed by atoms with Crippen LogP contribution in [0.3, 0.4) is 0 Å². The Morgan fingerprint density at radius 3 is 2.81 bits per heavy atom. The van der Waals surface area contributed by atoms with Crippen molar-refractivity contribution < 1.29 is 0 Å². The zero-order valence-electron chi connectivity index (χ0n) is 12.4. The van der Waals surface area contributed by atoms with Gasteiger partial charge in [-0.05, 0) is 38.2 Å². The first kappa shape index (κ1) is 15.7. The molecule has 4 heteroatoms. The van der Waals surface area contributed by atoms with Gasteiger partial charge in [0.05, 0.1) is 5.56 Å². The van der Waals surface area contributed by atoms with Crippen LogP contribution >= 0.6 is 11.3 Å². The average molecular weight is 299 g/mol. The lowest BCUT2D eigenvalue weighted by atomic mass is 10.2. The smallest absolute Gasteiger partial charge is 0.100 e. The van der Waals surface area contributed by atoms with Gasteiger partial charge in [0.2, 0.25) is 0 Å². The summed E-state index contributed by atoms with van der Waals surface area (Å²) in [6.07, 6.45) is 1.12. The molecule has 1 N–H and O–H groups in total. The van der Waals surface area contributed by atoms with Gasteiger partial charge in [0, 0.05) is 23.3 Å². The van der Waals surface area contributed by atoms with Crippen molar-refractivity contribution >= 4 is 11.3 Å². The standard InChI is InChI=1S/C17H21N3S/c1-20(13-15-6-3-2-4-7-15)9-5-8-19-12-17-10-16(11-18)14-21-17/h2-4,6-7,10,14,19H,5,8-9,12-13H2,1H3. The van der Waals surface area contributed by atoms with Crippen LogP contribution in [0.2, 0.25) is 0 Å². The van der Waals surface area contributed by atoms with Gasteiger partial charge >= 0.3 is 0 Å². The van der Waals surface area contributed by atoms with Crippen LogP contribution in [-0.2, 0) is 13.1 Å². The van der Waals surface area contributed by atoms with Gasteiger partial charge in [-0.1, -0.05) is 30.3 Å². The lowest BCUT2D eigenvalue weighted by Crippen LogP contribution is -2.23. The highest BCUT2D eigenvalue weighted by atomic mass is 32.1. The van der Waals surface area contributed by atoms with Crippen LogP contribution in [0.4, 0.5) is 0 Å². The molecule has 21 heavy (non-hydrogen) atoms. The Bertz CT molecular complexity index is 571. The summed E-state index contributed by atoms with van der Waals surface area (Å²) < 4.78 is 0. The molecule has 0 bridgehead atoms. The van der Waals surface area contributed by atoms with Crippen molar-refractivity contribution in [1.29, 1.82) is 5.26 Å².